The number of benzene rings is 1. The van der Waals surface area contributed by atoms with E-state index in [9.17, 15) is 0 Å². The second-order valence-electron chi connectivity index (χ2n) is 7.04. The first-order valence-corrected chi connectivity index (χ1v) is 8.38. The summed E-state index contributed by atoms with van der Waals surface area (Å²) in [5, 5.41) is 3.68. The van der Waals surface area contributed by atoms with Crippen molar-refractivity contribution in [1.29, 1.82) is 0 Å². The van der Waals surface area contributed by atoms with Gasteiger partial charge in [0.2, 0.25) is 0 Å². The minimum Gasteiger partial charge on any atom is -0.386 e. The van der Waals surface area contributed by atoms with E-state index in [1.54, 1.807) is 0 Å². The zero-order chi connectivity index (χ0) is 14.8. The van der Waals surface area contributed by atoms with E-state index in [0.717, 1.165) is 18.6 Å². The molecule has 2 aliphatic heterocycles. The van der Waals surface area contributed by atoms with Crippen LogP contribution in [0.25, 0.3) is 0 Å². The number of rotatable bonds is 5. The fraction of sp³-hybridized carbons (Fsp3) is 0.579. The first kappa shape index (κ1) is 14.6. The van der Waals surface area contributed by atoms with Crippen LogP contribution in [0.5, 0.6) is 0 Å². The number of hydrogen-bond acceptors (Lipinski definition) is 2. The molecule has 114 valence electrons. The van der Waals surface area contributed by atoms with Crippen molar-refractivity contribution in [3.05, 3.63) is 48.2 Å². The van der Waals surface area contributed by atoms with Crippen LogP contribution >= 0.6 is 0 Å². The number of piperidine rings is 1. The summed E-state index contributed by atoms with van der Waals surface area (Å²) in [5.41, 5.74) is 2.66. The van der Waals surface area contributed by atoms with Gasteiger partial charge < -0.3 is 5.32 Å². The van der Waals surface area contributed by atoms with Gasteiger partial charge >= 0.3 is 0 Å². The standard InChI is InChI=1S/C19H28N2/c1-14(2)15(3)20-17-11-18-9-10-19(12-17)21(18)13-16-7-5-4-6-8-16/h4-8,14,17-20H,3,9-13H2,1-2H3. The van der Waals surface area contributed by atoms with Crippen LogP contribution in [-0.4, -0.2) is 23.0 Å². The van der Waals surface area contributed by atoms with E-state index < -0.39 is 0 Å². The summed E-state index contributed by atoms with van der Waals surface area (Å²) in [6.07, 6.45) is 5.28. The molecule has 0 aliphatic carbocycles. The lowest BCUT2D eigenvalue weighted by Gasteiger charge is -2.40. The van der Waals surface area contributed by atoms with Crippen LogP contribution in [0.2, 0.25) is 0 Å². The average molecular weight is 284 g/mol. The Morgan fingerprint density at radius 1 is 1.19 bits per heavy atom. The van der Waals surface area contributed by atoms with Crippen LogP contribution < -0.4 is 5.32 Å². The van der Waals surface area contributed by atoms with Gasteiger partial charge in [0.15, 0.2) is 0 Å². The number of fused-ring (bicyclic) bond motifs is 2. The fourth-order valence-corrected chi connectivity index (χ4v) is 3.87. The SMILES string of the molecule is C=C(NC1CC2CCC(C1)N2Cc1ccccc1)C(C)C. The molecule has 0 radical (unpaired) electrons. The smallest absolute Gasteiger partial charge is 0.0287 e. The van der Waals surface area contributed by atoms with Crippen LogP contribution in [-0.2, 0) is 6.54 Å². The van der Waals surface area contributed by atoms with E-state index in [2.05, 4.69) is 61.0 Å². The van der Waals surface area contributed by atoms with E-state index in [4.69, 9.17) is 0 Å². The Hall–Kier alpha value is -1.28. The maximum Gasteiger partial charge on any atom is 0.0287 e. The molecule has 2 heteroatoms. The summed E-state index contributed by atoms with van der Waals surface area (Å²) in [4.78, 5) is 2.74. The van der Waals surface area contributed by atoms with Crippen LogP contribution in [0.4, 0.5) is 0 Å². The predicted octanol–water partition coefficient (Wildman–Crippen LogP) is 3.94. The zero-order valence-electron chi connectivity index (χ0n) is 13.4. The van der Waals surface area contributed by atoms with Gasteiger partial charge in [0.25, 0.3) is 0 Å². The minimum absolute atomic E-state index is 0.532. The summed E-state index contributed by atoms with van der Waals surface area (Å²) in [7, 11) is 0. The summed E-state index contributed by atoms with van der Waals surface area (Å²) in [6.45, 7) is 9.73. The Morgan fingerprint density at radius 2 is 1.81 bits per heavy atom. The maximum absolute atomic E-state index is 4.18. The first-order chi connectivity index (χ1) is 10.1. The van der Waals surface area contributed by atoms with Gasteiger partial charge in [-0.1, -0.05) is 50.8 Å². The lowest BCUT2D eigenvalue weighted by atomic mass is 9.95. The van der Waals surface area contributed by atoms with Crippen molar-refractivity contribution in [2.24, 2.45) is 5.92 Å². The van der Waals surface area contributed by atoms with Crippen molar-refractivity contribution in [2.45, 2.75) is 64.2 Å². The van der Waals surface area contributed by atoms with Gasteiger partial charge in [0.05, 0.1) is 0 Å². The molecule has 2 saturated heterocycles. The highest BCUT2D eigenvalue weighted by Crippen LogP contribution is 2.37. The Morgan fingerprint density at radius 3 is 2.38 bits per heavy atom. The highest BCUT2D eigenvalue weighted by molar-refractivity contribution is 5.16. The second kappa shape index (κ2) is 6.23. The number of nitrogens with zero attached hydrogens (tertiary/aromatic N) is 1. The van der Waals surface area contributed by atoms with Crippen molar-refractivity contribution in [1.82, 2.24) is 10.2 Å². The van der Waals surface area contributed by atoms with Gasteiger partial charge in [-0.25, -0.2) is 0 Å². The van der Waals surface area contributed by atoms with Gasteiger partial charge in [0.1, 0.15) is 0 Å². The average Bonchev–Trinajstić information content (AvgIpc) is 2.71. The second-order valence-corrected chi connectivity index (χ2v) is 7.04. The molecule has 1 aromatic carbocycles. The van der Waals surface area contributed by atoms with Crippen LogP contribution in [0.3, 0.4) is 0 Å². The molecule has 1 N–H and O–H groups in total. The summed E-state index contributed by atoms with van der Waals surface area (Å²) < 4.78 is 0. The fourth-order valence-electron chi connectivity index (χ4n) is 3.87. The number of allylic oxidation sites excluding steroid dienone is 1. The molecule has 2 bridgehead atoms. The van der Waals surface area contributed by atoms with Crippen molar-refractivity contribution in [3.8, 4) is 0 Å². The highest BCUT2D eigenvalue weighted by atomic mass is 15.2. The molecular weight excluding hydrogens is 256 g/mol. The van der Waals surface area contributed by atoms with E-state index in [1.807, 2.05) is 0 Å². The first-order valence-electron chi connectivity index (χ1n) is 8.38. The third-order valence-corrected chi connectivity index (χ3v) is 5.18. The van der Waals surface area contributed by atoms with E-state index >= 15 is 0 Å². The van der Waals surface area contributed by atoms with Crippen LogP contribution in [0.15, 0.2) is 42.6 Å². The molecule has 2 fully saturated rings. The summed E-state index contributed by atoms with van der Waals surface area (Å²) >= 11 is 0. The number of hydrogen-bond donors (Lipinski definition) is 1. The third-order valence-electron chi connectivity index (χ3n) is 5.18. The molecule has 2 unspecified atom stereocenters. The normalized spacial score (nSPS) is 28.8. The van der Waals surface area contributed by atoms with Gasteiger partial charge in [-0.3, -0.25) is 4.90 Å². The molecule has 0 amide bonds. The van der Waals surface area contributed by atoms with E-state index in [1.165, 1.54) is 36.9 Å². The largest absolute Gasteiger partial charge is 0.386 e. The lowest BCUT2D eigenvalue weighted by molar-refractivity contribution is 0.111. The van der Waals surface area contributed by atoms with Gasteiger partial charge in [-0.15, -0.1) is 0 Å². The topological polar surface area (TPSA) is 15.3 Å². The molecule has 21 heavy (non-hydrogen) atoms. The Kier molecular flexibility index (Phi) is 4.34. The van der Waals surface area contributed by atoms with E-state index in [0.29, 0.717) is 12.0 Å². The van der Waals surface area contributed by atoms with Crippen LogP contribution in [0, 0.1) is 5.92 Å². The van der Waals surface area contributed by atoms with Gasteiger partial charge in [-0.2, -0.15) is 0 Å². The van der Waals surface area contributed by atoms with Crippen molar-refractivity contribution in [2.75, 3.05) is 0 Å². The molecule has 2 heterocycles. The lowest BCUT2D eigenvalue weighted by Crippen LogP contribution is -2.48. The molecule has 0 aromatic heterocycles. The Labute approximate surface area is 129 Å². The Bertz CT molecular complexity index is 466. The maximum atomic E-state index is 4.18. The molecule has 0 spiro atoms. The van der Waals surface area contributed by atoms with Crippen molar-refractivity contribution in [3.63, 3.8) is 0 Å². The quantitative estimate of drug-likeness (QED) is 0.881. The summed E-state index contributed by atoms with van der Waals surface area (Å²) in [6, 6.07) is 13.0. The van der Waals surface area contributed by atoms with Gasteiger partial charge in [0, 0.05) is 30.4 Å². The number of nitrogens with one attached hydrogen (secondary N) is 1. The third kappa shape index (κ3) is 3.32. The minimum atomic E-state index is 0.532. The molecule has 3 rings (SSSR count). The van der Waals surface area contributed by atoms with Crippen molar-refractivity contribution >= 4 is 0 Å². The van der Waals surface area contributed by atoms with E-state index in [-0.39, 0.29) is 0 Å². The molecule has 2 atom stereocenters. The van der Waals surface area contributed by atoms with Gasteiger partial charge in [-0.05, 0) is 37.2 Å². The van der Waals surface area contributed by atoms with Crippen molar-refractivity contribution < 1.29 is 0 Å². The molecule has 0 saturated carbocycles. The summed E-state index contributed by atoms with van der Waals surface area (Å²) in [5.74, 6) is 0.532. The predicted molar refractivity (Wildman–Crippen MR) is 88.9 cm³/mol. The molecule has 2 aliphatic rings. The highest BCUT2D eigenvalue weighted by Gasteiger charge is 2.40. The zero-order valence-corrected chi connectivity index (χ0v) is 13.4. The molecule has 2 nitrogen and oxygen atoms in total. The Balaban J connectivity index is 1.61. The molecule has 1 aromatic rings. The monoisotopic (exact) mass is 284 g/mol. The van der Waals surface area contributed by atoms with Crippen LogP contribution in [0.1, 0.15) is 45.1 Å². The molecular formula is C19H28N2.